The predicted octanol–water partition coefficient (Wildman–Crippen LogP) is 5.91. The summed E-state index contributed by atoms with van der Waals surface area (Å²) in [6.07, 6.45) is 10.4. The third kappa shape index (κ3) is 10.3. The molecule has 12 heteroatoms. The van der Waals surface area contributed by atoms with Gasteiger partial charge in [0.05, 0.1) is 0 Å². The van der Waals surface area contributed by atoms with E-state index >= 15 is 0 Å². The second-order valence-electron chi connectivity index (χ2n) is 13.8. The van der Waals surface area contributed by atoms with E-state index in [4.69, 9.17) is 37.9 Å². The van der Waals surface area contributed by atoms with Crippen LogP contribution in [-0.2, 0) is 49.0 Å². The van der Waals surface area contributed by atoms with E-state index in [9.17, 15) is 19.2 Å². The van der Waals surface area contributed by atoms with Gasteiger partial charge in [0.15, 0.2) is 0 Å². The van der Waals surface area contributed by atoms with E-state index in [1.165, 1.54) is 0 Å². The Morgan fingerprint density at radius 2 is 0.759 bits per heavy atom. The van der Waals surface area contributed by atoms with Gasteiger partial charge in [-0.15, -0.1) is 0 Å². The van der Waals surface area contributed by atoms with Gasteiger partial charge in [0.25, 0.3) is 0 Å². The summed E-state index contributed by atoms with van der Waals surface area (Å²) < 4.78 is 44.8. The van der Waals surface area contributed by atoms with Gasteiger partial charge in [-0.3, -0.25) is 0 Å². The fraction of sp³-hybridized carbons (Fsp3) is 0.429. The van der Waals surface area contributed by atoms with Gasteiger partial charge in [-0.2, -0.15) is 0 Å². The molecular formula is C42H48O12. The maximum absolute atomic E-state index is 11.6. The Morgan fingerprint density at radius 3 is 1.02 bits per heavy atom. The molecule has 0 aromatic heterocycles. The molecule has 4 aliphatic carbocycles. The van der Waals surface area contributed by atoms with Gasteiger partial charge < -0.3 is 37.9 Å². The zero-order valence-electron chi connectivity index (χ0n) is 30.6. The van der Waals surface area contributed by atoms with Crippen molar-refractivity contribution in [3.63, 3.8) is 0 Å². The number of benzene rings is 2. The SMILES string of the molecule is C=CC(=O)OCCOc1cc(OCCOC(=O)C=C)cc(C23CC4CC(C2)CC(c2cc(OCCOC(=O)C=C)cc(OCCOC(=O)C=C)c2)(C4)C3)c1. The maximum Gasteiger partial charge on any atom is 0.330 e. The van der Waals surface area contributed by atoms with Crippen molar-refractivity contribution in [2.45, 2.75) is 49.4 Å². The van der Waals surface area contributed by atoms with Gasteiger partial charge in [-0.05, 0) is 96.6 Å². The molecule has 288 valence electrons. The smallest absolute Gasteiger partial charge is 0.330 e. The van der Waals surface area contributed by atoms with Crippen LogP contribution >= 0.6 is 0 Å². The summed E-state index contributed by atoms with van der Waals surface area (Å²) in [6.45, 7) is 14.5. The number of carbonyl (C=O) groups excluding carboxylic acids is 4. The number of hydrogen-bond donors (Lipinski definition) is 0. The Balaban J connectivity index is 1.43. The molecule has 12 nitrogen and oxygen atoms in total. The van der Waals surface area contributed by atoms with E-state index in [2.05, 4.69) is 50.6 Å². The van der Waals surface area contributed by atoms with E-state index in [1.807, 2.05) is 0 Å². The minimum Gasteiger partial charge on any atom is -0.490 e. The lowest BCUT2D eigenvalue weighted by atomic mass is 9.41. The standard InChI is InChI=1S/C42H48O12/c1-5-37(43)51-13-9-47-33-18-31(19-34(22-33)48-10-14-52-38(44)6-2)41-24-29-17-30(25-41)27-42(26-29,28-41)32-20-35(49-11-15-53-39(45)7-3)23-36(21-32)50-12-16-54-40(46)8-4/h5-8,18-23,29-30H,1-4,9-17,24-28H2. The highest BCUT2D eigenvalue weighted by molar-refractivity contribution is 5.82. The quantitative estimate of drug-likeness (QED) is 0.0613. The molecule has 0 N–H and O–H groups in total. The molecule has 0 spiro atoms. The van der Waals surface area contributed by atoms with Crippen molar-refractivity contribution in [3.8, 4) is 23.0 Å². The number of carbonyl (C=O) groups is 4. The molecule has 0 aliphatic heterocycles. The lowest BCUT2D eigenvalue weighted by molar-refractivity contribution is -0.139. The molecule has 6 rings (SSSR count). The van der Waals surface area contributed by atoms with E-state index in [1.54, 1.807) is 12.1 Å². The van der Waals surface area contributed by atoms with Crippen LogP contribution in [-0.4, -0.2) is 76.7 Å². The largest absolute Gasteiger partial charge is 0.490 e. The van der Waals surface area contributed by atoms with Crippen molar-refractivity contribution in [2.75, 3.05) is 52.9 Å². The minimum absolute atomic E-state index is 0.0529. The van der Waals surface area contributed by atoms with Gasteiger partial charge in [-0.25, -0.2) is 19.2 Å². The molecule has 0 saturated heterocycles. The summed E-state index contributed by atoms with van der Waals surface area (Å²) in [7, 11) is 0. The topological polar surface area (TPSA) is 142 Å². The van der Waals surface area contributed by atoms with Crippen LogP contribution in [0.3, 0.4) is 0 Å². The van der Waals surface area contributed by atoms with Crippen molar-refractivity contribution in [2.24, 2.45) is 11.8 Å². The Morgan fingerprint density at radius 1 is 0.481 bits per heavy atom. The average Bonchev–Trinajstić information content (AvgIpc) is 3.17. The zero-order valence-corrected chi connectivity index (χ0v) is 30.6. The van der Waals surface area contributed by atoms with Crippen molar-refractivity contribution >= 4 is 23.9 Å². The summed E-state index contributed by atoms with van der Waals surface area (Å²) in [5.74, 6) is 1.13. The molecule has 0 heterocycles. The molecule has 2 aromatic rings. The van der Waals surface area contributed by atoms with Crippen LogP contribution < -0.4 is 18.9 Å². The molecular weight excluding hydrogens is 696 g/mol. The summed E-state index contributed by atoms with van der Waals surface area (Å²) in [6, 6.07) is 11.8. The minimum atomic E-state index is -0.528. The van der Waals surface area contributed by atoms with Crippen molar-refractivity contribution < 1.29 is 57.1 Å². The van der Waals surface area contributed by atoms with Gasteiger partial charge in [-0.1, -0.05) is 26.3 Å². The molecule has 0 atom stereocenters. The molecule has 4 bridgehead atoms. The third-order valence-corrected chi connectivity index (χ3v) is 10.1. The first-order chi connectivity index (χ1) is 26.1. The fourth-order valence-corrected chi connectivity index (χ4v) is 8.47. The molecule has 4 fully saturated rings. The molecule has 0 amide bonds. The molecule has 0 unspecified atom stereocenters. The lowest BCUT2D eigenvalue weighted by Crippen LogP contribution is -2.55. The number of hydrogen-bond acceptors (Lipinski definition) is 12. The first-order valence-corrected chi connectivity index (χ1v) is 18.1. The van der Waals surface area contributed by atoms with Gasteiger partial charge in [0.2, 0.25) is 0 Å². The second-order valence-corrected chi connectivity index (χ2v) is 13.8. The second kappa shape index (κ2) is 18.5. The zero-order chi connectivity index (χ0) is 38.6. The maximum atomic E-state index is 11.6. The normalized spacial score (nSPS) is 21.9. The van der Waals surface area contributed by atoms with Gasteiger partial charge in [0, 0.05) is 36.4 Å². The highest BCUT2D eigenvalue weighted by Crippen LogP contribution is 2.66. The van der Waals surface area contributed by atoms with Crippen LogP contribution in [0.25, 0.3) is 0 Å². The molecule has 2 aromatic carbocycles. The van der Waals surface area contributed by atoms with E-state index in [0.717, 1.165) is 74.0 Å². The molecule has 54 heavy (non-hydrogen) atoms. The monoisotopic (exact) mass is 744 g/mol. The lowest BCUT2D eigenvalue weighted by Gasteiger charge is -2.62. The van der Waals surface area contributed by atoms with Gasteiger partial charge >= 0.3 is 23.9 Å². The first kappa shape index (κ1) is 39.7. The van der Waals surface area contributed by atoms with Crippen molar-refractivity contribution in [3.05, 3.63) is 98.1 Å². The predicted molar refractivity (Wildman–Crippen MR) is 198 cm³/mol. The molecule has 0 radical (unpaired) electrons. The highest BCUT2D eigenvalue weighted by atomic mass is 16.6. The highest BCUT2D eigenvalue weighted by Gasteiger charge is 2.59. The van der Waals surface area contributed by atoms with Crippen LogP contribution in [0.2, 0.25) is 0 Å². The first-order valence-electron chi connectivity index (χ1n) is 18.1. The van der Waals surface area contributed by atoms with Gasteiger partial charge in [0.1, 0.15) is 75.9 Å². The van der Waals surface area contributed by atoms with E-state index in [0.29, 0.717) is 34.8 Å². The Bertz CT molecular complexity index is 1500. The number of esters is 4. The van der Waals surface area contributed by atoms with Crippen LogP contribution in [0, 0.1) is 11.8 Å². The summed E-state index contributed by atoms with van der Waals surface area (Å²) in [5.41, 5.74) is 1.80. The van der Waals surface area contributed by atoms with Crippen molar-refractivity contribution in [1.29, 1.82) is 0 Å². The Labute approximate surface area is 315 Å². The summed E-state index contributed by atoms with van der Waals surface area (Å²) >= 11 is 0. The Hall–Kier alpha value is -5.52. The van der Waals surface area contributed by atoms with Crippen molar-refractivity contribution in [1.82, 2.24) is 0 Å². The van der Waals surface area contributed by atoms with Crippen LogP contribution in [0.15, 0.2) is 87.0 Å². The number of ether oxygens (including phenoxy) is 8. The van der Waals surface area contributed by atoms with Crippen LogP contribution in [0.5, 0.6) is 23.0 Å². The summed E-state index contributed by atoms with van der Waals surface area (Å²) in [5, 5.41) is 0. The molecule has 4 aliphatic rings. The third-order valence-electron chi connectivity index (χ3n) is 10.1. The van der Waals surface area contributed by atoms with E-state index < -0.39 is 23.9 Å². The van der Waals surface area contributed by atoms with E-state index in [-0.39, 0.29) is 63.7 Å². The molecule has 4 saturated carbocycles. The average molecular weight is 745 g/mol. The fourth-order valence-electron chi connectivity index (χ4n) is 8.47. The summed E-state index contributed by atoms with van der Waals surface area (Å²) in [4.78, 5) is 46.3. The number of rotatable bonds is 22. The van der Waals surface area contributed by atoms with Crippen LogP contribution in [0.1, 0.15) is 49.7 Å². The van der Waals surface area contributed by atoms with Crippen LogP contribution in [0.4, 0.5) is 0 Å². The Kier molecular flexibility index (Phi) is 13.6.